The van der Waals surface area contributed by atoms with Crippen LogP contribution in [0.5, 0.6) is 0 Å². The molecule has 180 valence electrons. The van der Waals surface area contributed by atoms with Gasteiger partial charge in [-0.05, 0) is 68.0 Å². The molecule has 0 unspecified atom stereocenters. The highest BCUT2D eigenvalue weighted by Crippen LogP contribution is 2.48. The van der Waals surface area contributed by atoms with Crippen molar-refractivity contribution in [1.82, 2.24) is 9.96 Å². The van der Waals surface area contributed by atoms with Gasteiger partial charge in [0.2, 0.25) is 0 Å². The quantitative estimate of drug-likeness (QED) is 0.563. The number of hydrogen-bond acceptors (Lipinski definition) is 4. The lowest BCUT2D eigenvalue weighted by Crippen LogP contribution is -2.45. The third-order valence-corrected chi connectivity index (χ3v) is 8.82. The minimum absolute atomic E-state index is 0.0277. The van der Waals surface area contributed by atoms with Crippen molar-refractivity contribution in [1.29, 1.82) is 0 Å². The Morgan fingerprint density at radius 3 is 2.21 bits per heavy atom. The Morgan fingerprint density at radius 1 is 1.06 bits per heavy atom. The Hall–Kier alpha value is -2.52. The van der Waals surface area contributed by atoms with Gasteiger partial charge in [0, 0.05) is 26.7 Å². The van der Waals surface area contributed by atoms with Gasteiger partial charge in [0.05, 0.1) is 11.0 Å². The molecule has 0 heterocycles. The van der Waals surface area contributed by atoms with Crippen molar-refractivity contribution in [2.24, 2.45) is 0 Å². The van der Waals surface area contributed by atoms with Crippen molar-refractivity contribution in [2.75, 3.05) is 21.1 Å². The molecule has 0 radical (unpaired) electrons. The Labute approximate surface area is 194 Å². The fourth-order valence-corrected chi connectivity index (χ4v) is 6.54. The highest BCUT2D eigenvalue weighted by atomic mass is 32.2. The van der Waals surface area contributed by atoms with Crippen LogP contribution in [0.25, 0.3) is 0 Å². The largest absolute Gasteiger partial charge is 0.343 e. The minimum atomic E-state index is -4.07. The highest BCUT2D eigenvalue weighted by Gasteiger charge is 2.50. The average Bonchev–Trinajstić information content (AvgIpc) is 2.80. The topological polar surface area (TPSA) is 66.9 Å². The third-order valence-electron chi connectivity index (χ3n) is 6.28. The van der Waals surface area contributed by atoms with E-state index < -0.39 is 32.3 Å². The van der Waals surface area contributed by atoms with E-state index in [9.17, 15) is 22.0 Å². The Balaban J connectivity index is 1.98. The summed E-state index contributed by atoms with van der Waals surface area (Å²) in [4.78, 5) is 19.2. The van der Waals surface area contributed by atoms with E-state index >= 15 is 0 Å². The van der Waals surface area contributed by atoms with Crippen molar-refractivity contribution in [2.45, 2.75) is 54.8 Å². The SMILES string of the molecule is CCc1ccc(S(=O)(=O)C2(c3cc(F)ccc3F)CCC(ON(C)C(=O)N(C)C)CC2)cc1. The molecule has 3 rings (SSSR count). The second-order valence-electron chi connectivity index (χ2n) is 8.60. The number of carbonyl (C=O) groups is 1. The maximum Gasteiger partial charge on any atom is 0.343 e. The molecule has 0 bridgehead atoms. The smallest absolute Gasteiger partial charge is 0.329 e. The molecule has 1 fully saturated rings. The standard InChI is InChI=1S/C24H30F2N2O4S/c1-5-17-6-9-20(10-7-17)33(30,31)24(21-16-18(25)8-11-22(21)26)14-12-19(13-15-24)32-28(4)23(29)27(2)3/h6-11,16,19H,5,12-15H2,1-4H3. The van der Waals surface area contributed by atoms with Crippen LogP contribution in [0, 0.1) is 11.6 Å². The van der Waals surface area contributed by atoms with Gasteiger partial charge in [-0.15, -0.1) is 0 Å². The first kappa shape index (κ1) is 25.1. The van der Waals surface area contributed by atoms with Crippen LogP contribution in [-0.2, 0) is 25.8 Å². The second kappa shape index (κ2) is 9.77. The predicted molar refractivity (Wildman–Crippen MR) is 121 cm³/mol. The number of urea groups is 1. The van der Waals surface area contributed by atoms with Crippen molar-refractivity contribution in [3.05, 3.63) is 65.2 Å². The summed E-state index contributed by atoms with van der Waals surface area (Å²) in [5.74, 6) is -1.46. The number of amides is 2. The molecule has 0 aliphatic heterocycles. The summed E-state index contributed by atoms with van der Waals surface area (Å²) in [6.45, 7) is 1.96. The minimum Gasteiger partial charge on any atom is -0.329 e. The molecule has 0 spiro atoms. The zero-order chi connectivity index (χ0) is 24.4. The number of nitrogens with zero attached hydrogens (tertiary/aromatic N) is 2. The van der Waals surface area contributed by atoms with Crippen molar-refractivity contribution in [3.8, 4) is 0 Å². The molecule has 0 atom stereocenters. The first-order valence-corrected chi connectivity index (χ1v) is 12.4. The van der Waals surface area contributed by atoms with E-state index in [1.807, 2.05) is 6.92 Å². The van der Waals surface area contributed by atoms with Crippen LogP contribution < -0.4 is 0 Å². The monoisotopic (exact) mass is 480 g/mol. The van der Waals surface area contributed by atoms with E-state index in [4.69, 9.17) is 4.84 Å². The number of hydrogen-bond donors (Lipinski definition) is 0. The first-order chi connectivity index (χ1) is 15.5. The number of carbonyl (C=O) groups excluding carboxylic acids is 1. The first-order valence-electron chi connectivity index (χ1n) is 10.9. The van der Waals surface area contributed by atoms with E-state index in [1.165, 1.54) is 24.1 Å². The van der Waals surface area contributed by atoms with Crippen LogP contribution in [0.3, 0.4) is 0 Å². The molecule has 33 heavy (non-hydrogen) atoms. The highest BCUT2D eigenvalue weighted by molar-refractivity contribution is 7.92. The normalized spacial score (nSPS) is 21.0. The maximum absolute atomic E-state index is 14.9. The van der Waals surface area contributed by atoms with Gasteiger partial charge in [-0.25, -0.2) is 27.1 Å². The lowest BCUT2D eigenvalue weighted by molar-refractivity contribution is -0.160. The molecule has 1 aliphatic carbocycles. The molecular formula is C24H30F2N2O4S. The second-order valence-corrected chi connectivity index (χ2v) is 10.9. The van der Waals surface area contributed by atoms with Gasteiger partial charge in [-0.2, -0.15) is 0 Å². The van der Waals surface area contributed by atoms with Gasteiger partial charge in [0.15, 0.2) is 9.84 Å². The summed E-state index contributed by atoms with van der Waals surface area (Å²) in [7, 11) is 0.604. The Morgan fingerprint density at radius 2 is 1.67 bits per heavy atom. The van der Waals surface area contributed by atoms with E-state index in [0.717, 1.165) is 35.2 Å². The molecule has 1 saturated carbocycles. The molecule has 2 amide bonds. The molecule has 0 saturated heterocycles. The molecule has 6 nitrogen and oxygen atoms in total. The maximum atomic E-state index is 14.9. The number of sulfone groups is 1. The molecule has 0 N–H and O–H groups in total. The summed E-state index contributed by atoms with van der Waals surface area (Å²) in [6.07, 6.45) is 0.893. The van der Waals surface area contributed by atoms with Crippen LogP contribution in [-0.4, -0.2) is 51.7 Å². The van der Waals surface area contributed by atoms with Gasteiger partial charge in [0.1, 0.15) is 16.4 Å². The lowest BCUT2D eigenvalue weighted by Gasteiger charge is -2.40. The van der Waals surface area contributed by atoms with Crippen molar-refractivity contribution >= 4 is 15.9 Å². The molecular weight excluding hydrogens is 450 g/mol. The number of benzene rings is 2. The average molecular weight is 481 g/mol. The Bertz CT molecular complexity index is 1100. The van der Waals surface area contributed by atoms with Gasteiger partial charge < -0.3 is 4.90 Å². The summed E-state index contributed by atoms with van der Waals surface area (Å²) < 4.78 is 55.2. The van der Waals surface area contributed by atoms with E-state index in [0.29, 0.717) is 0 Å². The number of hydroxylamine groups is 2. The van der Waals surface area contributed by atoms with Crippen LogP contribution in [0.2, 0.25) is 0 Å². The van der Waals surface area contributed by atoms with Crippen molar-refractivity contribution in [3.63, 3.8) is 0 Å². The van der Waals surface area contributed by atoms with E-state index in [-0.39, 0.29) is 42.2 Å². The molecule has 0 aromatic heterocycles. The van der Waals surface area contributed by atoms with Crippen molar-refractivity contribution < 1.29 is 26.8 Å². The van der Waals surface area contributed by atoms with Crippen LogP contribution >= 0.6 is 0 Å². The zero-order valence-corrected chi connectivity index (χ0v) is 20.2. The predicted octanol–water partition coefficient (Wildman–Crippen LogP) is 4.68. The number of aryl methyl sites for hydroxylation is 1. The van der Waals surface area contributed by atoms with Gasteiger partial charge in [-0.1, -0.05) is 19.1 Å². The molecule has 9 heteroatoms. The molecule has 1 aliphatic rings. The van der Waals surface area contributed by atoms with Gasteiger partial charge in [-0.3, -0.25) is 4.84 Å². The third kappa shape index (κ3) is 4.89. The fourth-order valence-electron chi connectivity index (χ4n) is 4.37. The summed E-state index contributed by atoms with van der Waals surface area (Å²) in [5, 5.41) is 1.11. The van der Waals surface area contributed by atoms with E-state index in [1.54, 1.807) is 26.2 Å². The van der Waals surface area contributed by atoms with Crippen LogP contribution in [0.1, 0.15) is 43.7 Å². The van der Waals surface area contributed by atoms with Crippen LogP contribution in [0.15, 0.2) is 47.4 Å². The molecule has 2 aromatic rings. The zero-order valence-electron chi connectivity index (χ0n) is 19.3. The number of rotatable bonds is 6. The van der Waals surface area contributed by atoms with Gasteiger partial charge >= 0.3 is 6.03 Å². The summed E-state index contributed by atoms with van der Waals surface area (Å²) in [5.41, 5.74) is 0.809. The summed E-state index contributed by atoms with van der Waals surface area (Å²) >= 11 is 0. The molecule has 2 aromatic carbocycles. The lowest BCUT2D eigenvalue weighted by atomic mass is 9.81. The van der Waals surface area contributed by atoms with Gasteiger partial charge in [0.25, 0.3) is 0 Å². The van der Waals surface area contributed by atoms with Crippen LogP contribution in [0.4, 0.5) is 13.6 Å². The fraction of sp³-hybridized carbons (Fsp3) is 0.458. The number of halogens is 2. The summed E-state index contributed by atoms with van der Waals surface area (Å²) in [6, 6.07) is 9.10. The Kier molecular flexibility index (Phi) is 7.43. The van der Waals surface area contributed by atoms with E-state index in [2.05, 4.69) is 0 Å².